The Morgan fingerprint density at radius 1 is 0.889 bits per heavy atom. The van der Waals surface area contributed by atoms with Gasteiger partial charge in [0.1, 0.15) is 0 Å². The molecule has 1 heterocycles. The second-order valence-electron chi connectivity index (χ2n) is 7.02. The van der Waals surface area contributed by atoms with Crippen LogP contribution in [0.15, 0.2) is 0 Å². The molecule has 1 saturated heterocycles. The Kier molecular flexibility index (Phi) is 3.95. The van der Waals surface area contributed by atoms with Gasteiger partial charge in [-0.2, -0.15) is 0 Å². The van der Waals surface area contributed by atoms with Crippen molar-refractivity contribution in [2.45, 2.75) is 82.9 Å². The van der Waals surface area contributed by atoms with Gasteiger partial charge in [0.25, 0.3) is 0 Å². The van der Waals surface area contributed by atoms with Crippen molar-refractivity contribution in [3.05, 3.63) is 0 Å². The van der Waals surface area contributed by atoms with Crippen LogP contribution in [0.1, 0.15) is 64.7 Å². The molecule has 2 nitrogen and oxygen atoms in total. The summed E-state index contributed by atoms with van der Waals surface area (Å²) in [6, 6.07) is 1.54. The first-order chi connectivity index (χ1) is 8.75. The molecule has 3 fully saturated rings. The molecule has 1 aliphatic heterocycles. The molecule has 3 atom stereocenters. The molecular formula is C16H29NO. The van der Waals surface area contributed by atoms with Gasteiger partial charge in [0.15, 0.2) is 0 Å². The minimum absolute atomic E-state index is 0.00175. The fourth-order valence-corrected chi connectivity index (χ4v) is 4.72. The van der Waals surface area contributed by atoms with Gasteiger partial charge >= 0.3 is 0 Å². The van der Waals surface area contributed by atoms with Gasteiger partial charge in [-0.1, -0.05) is 13.3 Å². The van der Waals surface area contributed by atoms with Crippen molar-refractivity contribution >= 4 is 0 Å². The fraction of sp³-hybridized carbons (Fsp3) is 1.00. The molecule has 3 unspecified atom stereocenters. The van der Waals surface area contributed by atoms with Crippen LogP contribution in [0.25, 0.3) is 0 Å². The highest BCUT2D eigenvalue weighted by atomic mass is 16.3. The first-order valence-corrected chi connectivity index (χ1v) is 8.19. The molecule has 0 amide bonds. The number of aliphatic hydroxyl groups is 1. The zero-order valence-electron chi connectivity index (χ0n) is 11.9. The van der Waals surface area contributed by atoms with E-state index in [9.17, 15) is 5.11 Å². The molecule has 0 aromatic rings. The maximum Gasteiger partial charge on any atom is 0.0583 e. The second kappa shape index (κ2) is 5.50. The van der Waals surface area contributed by atoms with Crippen molar-refractivity contribution in [1.29, 1.82) is 0 Å². The molecule has 1 N–H and O–H groups in total. The van der Waals surface area contributed by atoms with E-state index in [4.69, 9.17) is 0 Å². The van der Waals surface area contributed by atoms with Gasteiger partial charge in [0.2, 0.25) is 0 Å². The molecule has 0 bridgehead atoms. The zero-order chi connectivity index (χ0) is 12.5. The van der Waals surface area contributed by atoms with E-state index >= 15 is 0 Å². The first kappa shape index (κ1) is 12.9. The van der Waals surface area contributed by atoms with E-state index in [0.717, 1.165) is 18.4 Å². The number of nitrogens with zero attached hydrogens (tertiary/aromatic N) is 1. The van der Waals surface area contributed by atoms with E-state index in [1.165, 1.54) is 57.9 Å². The summed E-state index contributed by atoms with van der Waals surface area (Å²) in [6.45, 7) is 3.70. The standard InChI is InChI=1S/C16H29NO/c1-12-7-9-13(10-8-12)17-11-3-5-15(17)14-4-2-6-16(14)18/h12-16,18H,2-11H2,1H3. The van der Waals surface area contributed by atoms with Crippen molar-refractivity contribution in [1.82, 2.24) is 4.90 Å². The number of hydrogen-bond acceptors (Lipinski definition) is 2. The number of hydrogen-bond donors (Lipinski definition) is 1. The quantitative estimate of drug-likeness (QED) is 0.814. The topological polar surface area (TPSA) is 23.5 Å². The van der Waals surface area contributed by atoms with Crippen molar-refractivity contribution in [3.63, 3.8) is 0 Å². The summed E-state index contributed by atoms with van der Waals surface area (Å²) >= 11 is 0. The van der Waals surface area contributed by atoms with E-state index in [0.29, 0.717) is 12.0 Å². The lowest BCUT2D eigenvalue weighted by atomic mass is 9.85. The average Bonchev–Trinajstić information content (AvgIpc) is 2.98. The Morgan fingerprint density at radius 2 is 1.67 bits per heavy atom. The third-order valence-electron chi connectivity index (χ3n) is 5.82. The van der Waals surface area contributed by atoms with Gasteiger partial charge in [0, 0.05) is 18.0 Å². The second-order valence-corrected chi connectivity index (χ2v) is 7.02. The van der Waals surface area contributed by atoms with Crippen molar-refractivity contribution in [3.8, 4) is 0 Å². The van der Waals surface area contributed by atoms with E-state index in [2.05, 4.69) is 11.8 Å². The van der Waals surface area contributed by atoms with Crippen LogP contribution in [0, 0.1) is 11.8 Å². The number of rotatable bonds is 2. The summed E-state index contributed by atoms with van der Waals surface area (Å²) in [4.78, 5) is 2.80. The highest BCUT2D eigenvalue weighted by molar-refractivity contribution is 4.95. The molecule has 3 aliphatic rings. The molecule has 3 rings (SSSR count). The van der Waals surface area contributed by atoms with Crippen molar-refractivity contribution in [2.24, 2.45) is 11.8 Å². The van der Waals surface area contributed by atoms with Crippen molar-refractivity contribution < 1.29 is 5.11 Å². The van der Waals surface area contributed by atoms with Crippen molar-refractivity contribution in [2.75, 3.05) is 6.54 Å². The molecule has 2 heteroatoms. The first-order valence-electron chi connectivity index (χ1n) is 8.19. The molecule has 2 saturated carbocycles. The van der Waals surface area contributed by atoms with Gasteiger partial charge in [-0.15, -0.1) is 0 Å². The van der Waals surface area contributed by atoms with Crippen LogP contribution in [-0.2, 0) is 0 Å². The molecule has 2 aliphatic carbocycles. The van der Waals surface area contributed by atoms with E-state index < -0.39 is 0 Å². The Labute approximate surface area is 112 Å². The Bertz CT molecular complexity index is 272. The molecule has 104 valence electrons. The van der Waals surface area contributed by atoms with Gasteiger partial charge in [-0.3, -0.25) is 4.90 Å². The third-order valence-corrected chi connectivity index (χ3v) is 5.82. The summed E-state index contributed by atoms with van der Waals surface area (Å²) in [7, 11) is 0. The minimum atomic E-state index is -0.00175. The van der Waals surface area contributed by atoms with E-state index in [-0.39, 0.29) is 6.10 Å². The van der Waals surface area contributed by atoms with Gasteiger partial charge < -0.3 is 5.11 Å². The SMILES string of the molecule is CC1CCC(N2CCCC2C2CCCC2O)CC1. The number of likely N-dealkylation sites (tertiary alicyclic amines) is 1. The van der Waals surface area contributed by atoms with Gasteiger partial charge in [-0.25, -0.2) is 0 Å². The molecule has 0 aromatic carbocycles. The van der Waals surface area contributed by atoms with Gasteiger partial charge in [-0.05, 0) is 63.8 Å². The lowest BCUT2D eigenvalue weighted by molar-refractivity contribution is 0.0430. The van der Waals surface area contributed by atoms with Crippen LogP contribution < -0.4 is 0 Å². The molecule has 0 spiro atoms. The summed E-state index contributed by atoms with van der Waals surface area (Å²) < 4.78 is 0. The predicted molar refractivity (Wildman–Crippen MR) is 74.5 cm³/mol. The molecule has 0 radical (unpaired) electrons. The Morgan fingerprint density at radius 3 is 2.33 bits per heavy atom. The van der Waals surface area contributed by atoms with Crippen LogP contribution >= 0.6 is 0 Å². The van der Waals surface area contributed by atoms with E-state index in [1.807, 2.05) is 0 Å². The van der Waals surface area contributed by atoms with Crippen LogP contribution in [0.2, 0.25) is 0 Å². The van der Waals surface area contributed by atoms with Crippen LogP contribution in [-0.4, -0.2) is 34.7 Å². The zero-order valence-corrected chi connectivity index (χ0v) is 11.9. The smallest absolute Gasteiger partial charge is 0.0583 e. The van der Waals surface area contributed by atoms with Gasteiger partial charge in [0.05, 0.1) is 6.10 Å². The minimum Gasteiger partial charge on any atom is -0.393 e. The highest BCUT2D eigenvalue weighted by Crippen LogP contribution is 2.39. The van der Waals surface area contributed by atoms with Crippen LogP contribution in [0.3, 0.4) is 0 Å². The van der Waals surface area contributed by atoms with E-state index in [1.54, 1.807) is 0 Å². The maximum absolute atomic E-state index is 10.2. The Hall–Kier alpha value is -0.0800. The predicted octanol–water partition coefficient (Wildman–Crippen LogP) is 3.19. The lowest BCUT2D eigenvalue weighted by Crippen LogP contribution is -2.46. The summed E-state index contributed by atoms with van der Waals surface area (Å²) in [5.41, 5.74) is 0. The lowest BCUT2D eigenvalue weighted by Gasteiger charge is -2.40. The maximum atomic E-state index is 10.2. The number of aliphatic hydroxyl groups excluding tert-OH is 1. The highest BCUT2D eigenvalue weighted by Gasteiger charge is 2.41. The monoisotopic (exact) mass is 251 g/mol. The normalized spacial score (nSPS) is 46.7. The Balaban J connectivity index is 1.63. The average molecular weight is 251 g/mol. The summed E-state index contributed by atoms with van der Waals surface area (Å²) in [5.74, 6) is 1.53. The van der Waals surface area contributed by atoms with Crippen LogP contribution in [0.5, 0.6) is 0 Å². The molecule has 18 heavy (non-hydrogen) atoms. The fourth-order valence-electron chi connectivity index (χ4n) is 4.72. The van der Waals surface area contributed by atoms with Crippen LogP contribution in [0.4, 0.5) is 0 Å². The molecule has 0 aromatic heterocycles. The molecular weight excluding hydrogens is 222 g/mol. The largest absolute Gasteiger partial charge is 0.393 e. The summed E-state index contributed by atoms with van der Waals surface area (Å²) in [5, 5.41) is 10.2. The third kappa shape index (κ3) is 2.46. The summed E-state index contributed by atoms with van der Waals surface area (Å²) in [6.07, 6.45) is 11.9.